The Kier molecular flexibility index (Phi) is 3.83. The van der Waals surface area contributed by atoms with Gasteiger partial charge in [-0.1, -0.05) is 6.07 Å². The first-order valence-corrected chi connectivity index (χ1v) is 8.35. The number of aromatic amines is 1. The predicted molar refractivity (Wildman–Crippen MR) is 85.3 cm³/mol. The van der Waals surface area contributed by atoms with Gasteiger partial charge in [0.25, 0.3) is 10.0 Å². The van der Waals surface area contributed by atoms with Crippen LogP contribution in [0.5, 0.6) is 5.75 Å². The Hall–Kier alpha value is -2.74. The molecule has 0 radical (unpaired) electrons. The fourth-order valence-electron chi connectivity index (χ4n) is 2.12. The van der Waals surface area contributed by atoms with Crippen LogP contribution in [0.2, 0.25) is 0 Å². The molecule has 8 heteroatoms. The molecule has 120 valence electrons. The highest BCUT2D eigenvalue weighted by molar-refractivity contribution is 7.92. The van der Waals surface area contributed by atoms with E-state index in [4.69, 9.17) is 9.15 Å². The third-order valence-corrected chi connectivity index (χ3v) is 4.48. The summed E-state index contributed by atoms with van der Waals surface area (Å²) in [4.78, 5) is 13.6. The highest BCUT2D eigenvalue weighted by Crippen LogP contribution is 2.22. The SMILES string of the molecule is CCOc1cccc(NS(=O)(=O)c2ccc3[nH]c(=O)oc3c2)c1. The molecule has 0 saturated carbocycles. The first-order chi connectivity index (χ1) is 11.0. The molecule has 1 heterocycles. The molecule has 0 amide bonds. The van der Waals surface area contributed by atoms with Crippen molar-refractivity contribution in [3.8, 4) is 5.75 Å². The van der Waals surface area contributed by atoms with Gasteiger partial charge in [0.05, 0.1) is 22.7 Å². The van der Waals surface area contributed by atoms with Gasteiger partial charge in [-0.2, -0.15) is 0 Å². The quantitative estimate of drug-likeness (QED) is 0.745. The number of hydrogen-bond donors (Lipinski definition) is 2. The smallest absolute Gasteiger partial charge is 0.417 e. The second-order valence-corrected chi connectivity index (χ2v) is 6.42. The minimum absolute atomic E-state index is 0.00503. The van der Waals surface area contributed by atoms with E-state index in [1.165, 1.54) is 18.2 Å². The lowest BCUT2D eigenvalue weighted by atomic mass is 10.3. The highest BCUT2D eigenvalue weighted by atomic mass is 32.2. The van der Waals surface area contributed by atoms with Crippen LogP contribution < -0.4 is 15.2 Å². The normalized spacial score (nSPS) is 11.5. The van der Waals surface area contributed by atoms with E-state index in [1.54, 1.807) is 24.3 Å². The van der Waals surface area contributed by atoms with Crippen LogP contribution >= 0.6 is 0 Å². The van der Waals surface area contributed by atoms with E-state index in [-0.39, 0.29) is 10.5 Å². The molecule has 7 nitrogen and oxygen atoms in total. The van der Waals surface area contributed by atoms with Gasteiger partial charge in [-0.05, 0) is 31.2 Å². The van der Waals surface area contributed by atoms with Gasteiger partial charge in [-0.3, -0.25) is 9.71 Å². The number of aromatic nitrogens is 1. The summed E-state index contributed by atoms with van der Waals surface area (Å²) < 4.78 is 37.6. The first kappa shape index (κ1) is 15.2. The average Bonchev–Trinajstić information content (AvgIpc) is 2.86. The fraction of sp³-hybridized carbons (Fsp3) is 0.133. The van der Waals surface area contributed by atoms with Gasteiger partial charge in [0, 0.05) is 12.1 Å². The Morgan fingerprint density at radius 3 is 2.83 bits per heavy atom. The largest absolute Gasteiger partial charge is 0.494 e. The average molecular weight is 334 g/mol. The Labute approximate surface area is 131 Å². The number of nitrogens with one attached hydrogen (secondary N) is 2. The first-order valence-electron chi connectivity index (χ1n) is 6.86. The van der Waals surface area contributed by atoms with E-state index in [1.807, 2.05) is 6.92 Å². The maximum atomic E-state index is 12.4. The van der Waals surface area contributed by atoms with Crippen molar-refractivity contribution >= 4 is 26.8 Å². The summed E-state index contributed by atoms with van der Waals surface area (Å²) in [7, 11) is -3.81. The third-order valence-electron chi connectivity index (χ3n) is 3.10. The lowest BCUT2D eigenvalue weighted by molar-refractivity contribution is 0.340. The van der Waals surface area contributed by atoms with E-state index >= 15 is 0 Å². The molecule has 1 aromatic heterocycles. The Balaban J connectivity index is 1.93. The molecule has 2 N–H and O–H groups in total. The van der Waals surface area contributed by atoms with E-state index in [9.17, 15) is 13.2 Å². The van der Waals surface area contributed by atoms with Crippen molar-refractivity contribution in [2.24, 2.45) is 0 Å². The molecular weight excluding hydrogens is 320 g/mol. The lowest BCUT2D eigenvalue weighted by Gasteiger charge is -2.09. The van der Waals surface area contributed by atoms with Gasteiger partial charge < -0.3 is 9.15 Å². The number of sulfonamides is 1. The van der Waals surface area contributed by atoms with E-state index < -0.39 is 15.8 Å². The second kappa shape index (κ2) is 5.81. The molecule has 0 bridgehead atoms. The number of rotatable bonds is 5. The van der Waals surface area contributed by atoms with Crippen molar-refractivity contribution in [3.63, 3.8) is 0 Å². The molecule has 23 heavy (non-hydrogen) atoms. The summed E-state index contributed by atoms with van der Waals surface area (Å²) in [5, 5.41) is 0. The summed E-state index contributed by atoms with van der Waals surface area (Å²) in [6.07, 6.45) is 0. The van der Waals surface area contributed by atoms with Crippen LogP contribution in [-0.4, -0.2) is 20.0 Å². The molecule has 0 unspecified atom stereocenters. The second-order valence-electron chi connectivity index (χ2n) is 4.74. The van der Waals surface area contributed by atoms with Gasteiger partial charge in [-0.15, -0.1) is 0 Å². The zero-order valence-corrected chi connectivity index (χ0v) is 13.0. The molecule has 0 aliphatic heterocycles. The maximum absolute atomic E-state index is 12.4. The third kappa shape index (κ3) is 3.21. The van der Waals surface area contributed by atoms with Crippen LogP contribution in [0, 0.1) is 0 Å². The van der Waals surface area contributed by atoms with Gasteiger partial charge in [0.1, 0.15) is 5.75 Å². The summed E-state index contributed by atoms with van der Waals surface area (Å²) in [6.45, 7) is 2.33. The van der Waals surface area contributed by atoms with E-state index in [0.29, 0.717) is 23.6 Å². The molecule has 2 aromatic carbocycles. The monoisotopic (exact) mass is 334 g/mol. The number of anilines is 1. The summed E-state index contributed by atoms with van der Waals surface area (Å²) in [5.74, 6) is -0.0632. The van der Waals surface area contributed by atoms with Crippen LogP contribution in [0.15, 0.2) is 56.6 Å². The van der Waals surface area contributed by atoms with Crippen molar-refractivity contribution in [2.45, 2.75) is 11.8 Å². The van der Waals surface area contributed by atoms with Crippen molar-refractivity contribution in [1.29, 1.82) is 0 Å². The summed E-state index contributed by atoms with van der Waals surface area (Å²) in [6, 6.07) is 10.8. The number of oxazole rings is 1. The van der Waals surface area contributed by atoms with Gasteiger partial charge in [0.15, 0.2) is 5.58 Å². The number of ether oxygens (including phenoxy) is 1. The van der Waals surface area contributed by atoms with Crippen molar-refractivity contribution < 1.29 is 17.6 Å². The minimum Gasteiger partial charge on any atom is -0.494 e. The maximum Gasteiger partial charge on any atom is 0.417 e. The standard InChI is InChI=1S/C15H14N2O5S/c1-2-21-11-5-3-4-10(8-11)17-23(19,20)12-6-7-13-14(9-12)22-15(18)16-13/h3-9,17H,2H2,1H3,(H,16,18). The van der Waals surface area contributed by atoms with Crippen LogP contribution in [0.3, 0.4) is 0 Å². The summed E-state index contributed by atoms with van der Waals surface area (Å²) in [5.41, 5.74) is 1.000. The lowest BCUT2D eigenvalue weighted by Crippen LogP contribution is -2.12. The zero-order valence-electron chi connectivity index (χ0n) is 12.2. The molecule has 3 aromatic rings. The number of benzene rings is 2. The zero-order chi connectivity index (χ0) is 16.4. The molecule has 0 spiro atoms. The fourth-order valence-corrected chi connectivity index (χ4v) is 3.19. The number of H-pyrrole nitrogens is 1. The van der Waals surface area contributed by atoms with Crippen LogP contribution in [0.4, 0.5) is 5.69 Å². The highest BCUT2D eigenvalue weighted by Gasteiger charge is 2.16. The molecule has 0 fully saturated rings. The van der Waals surface area contributed by atoms with Crippen LogP contribution in [0.25, 0.3) is 11.1 Å². The molecule has 0 aliphatic rings. The molecule has 0 saturated heterocycles. The summed E-state index contributed by atoms with van der Waals surface area (Å²) >= 11 is 0. The van der Waals surface area contributed by atoms with E-state index in [2.05, 4.69) is 9.71 Å². The molecule has 0 atom stereocenters. The van der Waals surface area contributed by atoms with Gasteiger partial charge in [0.2, 0.25) is 0 Å². The number of fused-ring (bicyclic) bond motifs is 1. The Morgan fingerprint density at radius 2 is 2.04 bits per heavy atom. The van der Waals surface area contributed by atoms with Crippen LogP contribution in [0.1, 0.15) is 6.92 Å². The number of hydrogen-bond acceptors (Lipinski definition) is 5. The van der Waals surface area contributed by atoms with Crippen molar-refractivity contribution in [3.05, 3.63) is 53.0 Å². The molecule has 0 aliphatic carbocycles. The Bertz CT molecular complexity index is 1000. The van der Waals surface area contributed by atoms with Crippen molar-refractivity contribution in [1.82, 2.24) is 4.98 Å². The van der Waals surface area contributed by atoms with Gasteiger partial charge >= 0.3 is 5.76 Å². The van der Waals surface area contributed by atoms with Crippen LogP contribution in [-0.2, 0) is 10.0 Å². The molecular formula is C15H14N2O5S. The Morgan fingerprint density at radius 1 is 1.22 bits per heavy atom. The van der Waals surface area contributed by atoms with Crippen molar-refractivity contribution in [2.75, 3.05) is 11.3 Å². The minimum atomic E-state index is -3.81. The predicted octanol–water partition coefficient (Wildman–Crippen LogP) is 2.32. The van der Waals surface area contributed by atoms with E-state index in [0.717, 1.165) is 0 Å². The van der Waals surface area contributed by atoms with Gasteiger partial charge in [-0.25, -0.2) is 13.2 Å². The topological polar surface area (TPSA) is 101 Å². The molecule has 3 rings (SSSR count).